The molecule has 1 saturated heterocycles. The van der Waals surface area contributed by atoms with E-state index in [0.717, 1.165) is 56.2 Å². The van der Waals surface area contributed by atoms with Crippen LogP contribution in [0.4, 0.5) is 5.69 Å². The molecular formula is C16H22ClN3O. The monoisotopic (exact) mass is 307 g/mol. The number of piperazine rings is 1. The zero-order valence-corrected chi connectivity index (χ0v) is 13.0. The average Bonchev–Trinajstić information content (AvgIpc) is 2.47. The Morgan fingerprint density at radius 2 is 1.95 bits per heavy atom. The first kappa shape index (κ1) is 14.7. The van der Waals surface area contributed by atoms with Crippen molar-refractivity contribution in [3.05, 3.63) is 29.3 Å². The Hall–Kier alpha value is -1.26. The number of anilines is 1. The summed E-state index contributed by atoms with van der Waals surface area (Å²) in [5.41, 5.74) is 6.72. The Kier molecular flexibility index (Phi) is 4.09. The number of amides is 1. The molecule has 0 unspecified atom stereocenters. The van der Waals surface area contributed by atoms with E-state index in [0.29, 0.717) is 6.54 Å². The molecule has 3 rings (SSSR count). The number of halogens is 1. The van der Waals surface area contributed by atoms with Gasteiger partial charge in [-0.2, -0.15) is 0 Å². The highest BCUT2D eigenvalue weighted by molar-refractivity contribution is 6.30. The lowest BCUT2D eigenvalue weighted by Gasteiger charge is -2.45. The number of hydrogen-bond acceptors (Lipinski definition) is 3. The Labute approximate surface area is 130 Å². The van der Waals surface area contributed by atoms with Crippen LogP contribution >= 0.6 is 11.6 Å². The molecule has 2 N–H and O–H groups in total. The summed E-state index contributed by atoms with van der Waals surface area (Å²) in [4.78, 5) is 16.9. The van der Waals surface area contributed by atoms with Crippen molar-refractivity contribution in [1.82, 2.24) is 4.90 Å². The van der Waals surface area contributed by atoms with Gasteiger partial charge in [0.15, 0.2) is 0 Å². The van der Waals surface area contributed by atoms with Crippen molar-refractivity contribution in [2.45, 2.75) is 19.3 Å². The molecular weight excluding hydrogens is 286 g/mol. The Morgan fingerprint density at radius 1 is 1.24 bits per heavy atom. The number of nitrogens with zero attached hydrogens (tertiary/aromatic N) is 2. The second-order valence-corrected chi connectivity index (χ2v) is 6.53. The van der Waals surface area contributed by atoms with E-state index < -0.39 is 0 Å². The van der Waals surface area contributed by atoms with Crippen LogP contribution in [0, 0.1) is 5.41 Å². The predicted octanol–water partition coefficient (Wildman–Crippen LogP) is 2.12. The molecule has 1 aromatic rings. The Morgan fingerprint density at radius 3 is 2.48 bits per heavy atom. The summed E-state index contributed by atoms with van der Waals surface area (Å²) in [6.45, 7) is 3.74. The summed E-state index contributed by atoms with van der Waals surface area (Å²) in [7, 11) is 0. The summed E-state index contributed by atoms with van der Waals surface area (Å²) in [6, 6.07) is 7.89. The summed E-state index contributed by atoms with van der Waals surface area (Å²) in [5, 5.41) is 0.752. The molecule has 1 saturated carbocycles. The SMILES string of the molecule is NCC1(C(=O)N2CCN(c3cccc(Cl)c3)CC2)CCC1. The number of hydrogen-bond donors (Lipinski definition) is 1. The fourth-order valence-corrected chi connectivity index (χ4v) is 3.47. The van der Waals surface area contributed by atoms with Crippen LogP contribution in [0.2, 0.25) is 5.02 Å². The number of rotatable bonds is 3. The second-order valence-electron chi connectivity index (χ2n) is 6.10. The summed E-state index contributed by atoms with van der Waals surface area (Å²) in [5.74, 6) is 0.266. The smallest absolute Gasteiger partial charge is 0.230 e. The van der Waals surface area contributed by atoms with Crippen molar-refractivity contribution < 1.29 is 4.79 Å². The minimum Gasteiger partial charge on any atom is -0.368 e. The average molecular weight is 308 g/mol. The van der Waals surface area contributed by atoms with Gasteiger partial charge in [-0.25, -0.2) is 0 Å². The van der Waals surface area contributed by atoms with Crippen molar-refractivity contribution >= 4 is 23.2 Å². The Balaban J connectivity index is 1.61. The van der Waals surface area contributed by atoms with Crippen LogP contribution < -0.4 is 10.6 Å². The second kappa shape index (κ2) is 5.85. The van der Waals surface area contributed by atoms with E-state index in [1.54, 1.807) is 0 Å². The molecule has 0 radical (unpaired) electrons. The number of benzene rings is 1. The van der Waals surface area contributed by atoms with Gasteiger partial charge in [0.05, 0.1) is 5.41 Å². The lowest BCUT2D eigenvalue weighted by molar-refractivity contribution is -0.147. The standard InChI is InChI=1S/C16H22ClN3O/c17-13-3-1-4-14(11-13)19-7-9-20(10-8-19)15(21)16(12-18)5-2-6-16/h1,3-4,11H,2,5-10,12,18H2. The van der Waals surface area contributed by atoms with Crippen LogP contribution in [-0.4, -0.2) is 43.5 Å². The minimum absolute atomic E-state index is 0.252. The summed E-state index contributed by atoms with van der Waals surface area (Å²) in [6.07, 6.45) is 3.04. The molecule has 5 heteroatoms. The first-order valence-corrected chi connectivity index (χ1v) is 8.02. The highest BCUT2D eigenvalue weighted by Gasteiger charge is 2.45. The van der Waals surface area contributed by atoms with E-state index >= 15 is 0 Å². The fraction of sp³-hybridized carbons (Fsp3) is 0.562. The van der Waals surface area contributed by atoms with E-state index in [2.05, 4.69) is 11.0 Å². The van der Waals surface area contributed by atoms with Gasteiger partial charge in [-0.05, 0) is 31.0 Å². The third-order valence-corrected chi connectivity index (χ3v) is 5.13. The number of carbonyl (C=O) groups excluding carboxylic acids is 1. The van der Waals surface area contributed by atoms with Gasteiger partial charge in [-0.15, -0.1) is 0 Å². The van der Waals surface area contributed by atoms with Crippen molar-refractivity contribution in [3.63, 3.8) is 0 Å². The molecule has 4 nitrogen and oxygen atoms in total. The molecule has 0 bridgehead atoms. The van der Waals surface area contributed by atoms with Crippen molar-refractivity contribution in [1.29, 1.82) is 0 Å². The van der Waals surface area contributed by atoms with E-state index in [9.17, 15) is 4.79 Å². The third-order valence-electron chi connectivity index (χ3n) is 4.90. The van der Waals surface area contributed by atoms with Gasteiger partial charge in [0.1, 0.15) is 0 Å². The van der Waals surface area contributed by atoms with Crippen LogP contribution in [-0.2, 0) is 4.79 Å². The zero-order chi connectivity index (χ0) is 14.9. The first-order valence-electron chi connectivity index (χ1n) is 7.65. The van der Waals surface area contributed by atoms with Crippen LogP contribution in [0.3, 0.4) is 0 Å². The van der Waals surface area contributed by atoms with Gasteiger partial charge in [-0.3, -0.25) is 4.79 Å². The number of carbonyl (C=O) groups is 1. The minimum atomic E-state index is -0.252. The molecule has 114 valence electrons. The van der Waals surface area contributed by atoms with Gasteiger partial charge >= 0.3 is 0 Å². The molecule has 0 spiro atoms. The summed E-state index contributed by atoms with van der Waals surface area (Å²) >= 11 is 6.04. The molecule has 1 aromatic carbocycles. The molecule has 2 fully saturated rings. The molecule has 1 amide bonds. The fourth-order valence-electron chi connectivity index (χ4n) is 3.28. The van der Waals surface area contributed by atoms with E-state index in [4.69, 9.17) is 17.3 Å². The van der Waals surface area contributed by atoms with Gasteiger partial charge in [0.25, 0.3) is 0 Å². The summed E-state index contributed by atoms with van der Waals surface area (Å²) < 4.78 is 0. The molecule has 1 aliphatic heterocycles. The third kappa shape index (κ3) is 2.74. The largest absolute Gasteiger partial charge is 0.368 e. The highest BCUT2D eigenvalue weighted by atomic mass is 35.5. The topological polar surface area (TPSA) is 49.6 Å². The maximum Gasteiger partial charge on any atom is 0.230 e. The van der Waals surface area contributed by atoms with Gasteiger partial charge in [0, 0.05) is 43.4 Å². The van der Waals surface area contributed by atoms with Crippen LogP contribution in [0.25, 0.3) is 0 Å². The van der Waals surface area contributed by atoms with Gasteiger partial charge in [-0.1, -0.05) is 24.1 Å². The quantitative estimate of drug-likeness (QED) is 0.930. The molecule has 0 atom stereocenters. The molecule has 1 aliphatic carbocycles. The van der Waals surface area contributed by atoms with Crippen molar-refractivity contribution in [3.8, 4) is 0 Å². The maximum absolute atomic E-state index is 12.6. The molecule has 0 aromatic heterocycles. The Bertz CT molecular complexity index is 516. The van der Waals surface area contributed by atoms with Crippen LogP contribution in [0.1, 0.15) is 19.3 Å². The molecule has 2 aliphatic rings. The van der Waals surface area contributed by atoms with Crippen molar-refractivity contribution in [2.24, 2.45) is 11.1 Å². The first-order chi connectivity index (χ1) is 10.1. The lowest BCUT2D eigenvalue weighted by Crippen LogP contribution is -2.57. The van der Waals surface area contributed by atoms with Crippen LogP contribution in [0.15, 0.2) is 24.3 Å². The zero-order valence-electron chi connectivity index (χ0n) is 12.2. The molecule has 21 heavy (non-hydrogen) atoms. The maximum atomic E-state index is 12.6. The lowest BCUT2D eigenvalue weighted by atomic mass is 9.67. The molecule has 1 heterocycles. The normalized spacial score (nSPS) is 21.0. The van der Waals surface area contributed by atoms with E-state index in [1.807, 2.05) is 23.1 Å². The van der Waals surface area contributed by atoms with Gasteiger partial charge in [0.2, 0.25) is 5.91 Å². The number of nitrogens with two attached hydrogens (primary N) is 1. The van der Waals surface area contributed by atoms with E-state index in [-0.39, 0.29) is 11.3 Å². The van der Waals surface area contributed by atoms with Crippen LogP contribution in [0.5, 0.6) is 0 Å². The van der Waals surface area contributed by atoms with E-state index in [1.165, 1.54) is 0 Å². The van der Waals surface area contributed by atoms with Gasteiger partial charge < -0.3 is 15.5 Å². The highest BCUT2D eigenvalue weighted by Crippen LogP contribution is 2.41. The van der Waals surface area contributed by atoms with Crippen molar-refractivity contribution in [2.75, 3.05) is 37.6 Å². The predicted molar refractivity (Wildman–Crippen MR) is 85.6 cm³/mol.